The monoisotopic (exact) mass is 286 g/mol. The molecule has 19 heavy (non-hydrogen) atoms. The Bertz CT molecular complexity index is 702. The number of carboxylic acid groups (broad SMARTS) is 1. The fraction of sp³-hybridized carbons (Fsp3) is 0.222. The van der Waals surface area contributed by atoms with E-state index in [1.807, 2.05) is 0 Å². The number of rotatable bonds is 5. The highest BCUT2D eigenvalue weighted by Gasteiger charge is 2.21. The van der Waals surface area contributed by atoms with Crippen molar-refractivity contribution in [2.24, 2.45) is 7.05 Å². The van der Waals surface area contributed by atoms with E-state index in [0.29, 0.717) is 0 Å². The van der Waals surface area contributed by atoms with Gasteiger partial charge in [-0.25, -0.2) is 22.9 Å². The van der Waals surface area contributed by atoms with E-state index in [1.165, 1.54) is 11.0 Å². The summed E-state index contributed by atoms with van der Waals surface area (Å²) in [7, 11) is -2.28. The van der Waals surface area contributed by atoms with Crippen LogP contribution in [0.25, 0.3) is 0 Å². The van der Waals surface area contributed by atoms with Crippen LogP contribution in [0.2, 0.25) is 0 Å². The molecule has 0 saturated heterocycles. The van der Waals surface area contributed by atoms with Crippen LogP contribution < -0.4 is 4.72 Å². The topological polar surface area (TPSA) is 127 Å². The first-order valence-electron chi connectivity index (χ1n) is 5.06. The smallest absolute Gasteiger partial charge is 0.371 e. The Morgan fingerprint density at radius 1 is 1.53 bits per heavy atom. The second-order valence-electron chi connectivity index (χ2n) is 3.58. The van der Waals surface area contributed by atoms with E-state index < -0.39 is 26.8 Å². The minimum Gasteiger partial charge on any atom is -0.475 e. The summed E-state index contributed by atoms with van der Waals surface area (Å²) in [5, 5.41) is 12.1. The summed E-state index contributed by atoms with van der Waals surface area (Å²) in [4.78, 5) is 14.4. The molecule has 0 radical (unpaired) electrons. The van der Waals surface area contributed by atoms with Gasteiger partial charge in [-0.05, 0) is 12.1 Å². The largest absolute Gasteiger partial charge is 0.475 e. The molecule has 0 aliphatic carbocycles. The normalized spacial score (nSPS) is 11.6. The van der Waals surface area contributed by atoms with Crippen LogP contribution in [0.3, 0.4) is 0 Å². The Hall–Kier alpha value is -2.20. The number of aromatic carboxylic acids is 1. The molecule has 0 amide bonds. The average Bonchev–Trinajstić information content (AvgIpc) is 2.95. The molecule has 9 nitrogen and oxygen atoms in total. The molecule has 102 valence electrons. The zero-order valence-electron chi connectivity index (χ0n) is 9.77. The number of carboxylic acids is 1. The molecule has 10 heteroatoms. The molecule has 2 rings (SSSR count). The molecule has 2 aromatic rings. The first-order valence-corrected chi connectivity index (χ1v) is 6.54. The van der Waals surface area contributed by atoms with Gasteiger partial charge in [-0.2, -0.15) is 5.10 Å². The van der Waals surface area contributed by atoms with Crippen LogP contribution in [0, 0.1) is 0 Å². The lowest BCUT2D eigenvalue weighted by Gasteiger charge is -2.00. The van der Waals surface area contributed by atoms with E-state index in [9.17, 15) is 13.2 Å². The van der Waals surface area contributed by atoms with Crippen LogP contribution in [0.4, 0.5) is 0 Å². The highest BCUT2D eigenvalue weighted by atomic mass is 32.2. The molecule has 0 unspecified atom stereocenters. The Balaban J connectivity index is 2.11. The van der Waals surface area contributed by atoms with Gasteiger partial charge in [0.2, 0.25) is 10.9 Å². The summed E-state index contributed by atoms with van der Waals surface area (Å²) in [6.45, 7) is -0.119. The lowest BCUT2D eigenvalue weighted by molar-refractivity contribution is 0.0656. The zero-order valence-corrected chi connectivity index (χ0v) is 10.6. The minimum absolute atomic E-state index is 0.119. The molecule has 2 aromatic heterocycles. The third-order valence-corrected chi connectivity index (χ3v) is 3.40. The fourth-order valence-electron chi connectivity index (χ4n) is 1.28. The minimum atomic E-state index is -3.93. The van der Waals surface area contributed by atoms with Gasteiger partial charge in [0, 0.05) is 7.05 Å². The average molecular weight is 286 g/mol. The summed E-state index contributed by atoms with van der Waals surface area (Å²) in [5.74, 6) is -1.50. The van der Waals surface area contributed by atoms with Gasteiger partial charge in [-0.3, -0.25) is 4.68 Å². The third-order valence-electron chi connectivity index (χ3n) is 2.12. The van der Waals surface area contributed by atoms with E-state index in [-0.39, 0.29) is 12.4 Å². The Kier molecular flexibility index (Phi) is 3.36. The lowest BCUT2D eigenvalue weighted by Crippen LogP contribution is -2.23. The van der Waals surface area contributed by atoms with E-state index >= 15 is 0 Å². The van der Waals surface area contributed by atoms with Gasteiger partial charge in [0.05, 0.1) is 6.54 Å². The van der Waals surface area contributed by atoms with Gasteiger partial charge in [-0.1, -0.05) is 0 Å². The number of nitrogens with zero attached hydrogens (tertiary/aromatic N) is 3. The van der Waals surface area contributed by atoms with Gasteiger partial charge in [0.15, 0.2) is 5.82 Å². The second kappa shape index (κ2) is 4.82. The third kappa shape index (κ3) is 2.98. The second-order valence-corrected chi connectivity index (χ2v) is 5.28. The van der Waals surface area contributed by atoms with Crippen molar-refractivity contribution < 1.29 is 22.7 Å². The number of carbonyl (C=O) groups is 1. The Morgan fingerprint density at radius 2 is 2.26 bits per heavy atom. The number of aryl methyl sites for hydroxylation is 1. The maximum atomic E-state index is 11.8. The SMILES string of the molecule is Cn1cnc(CNS(=O)(=O)c2ccc(C(=O)O)o2)n1. The summed E-state index contributed by atoms with van der Waals surface area (Å²) >= 11 is 0. The van der Waals surface area contributed by atoms with Crippen molar-refractivity contribution in [3.63, 3.8) is 0 Å². The molecular formula is C9H10N4O5S. The summed E-state index contributed by atoms with van der Waals surface area (Å²) < 4.78 is 31.9. The molecule has 0 aliphatic heterocycles. The van der Waals surface area contributed by atoms with Gasteiger partial charge in [-0.15, -0.1) is 0 Å². The Labute approximate surface area is 107 Å². The molecule has 2 N–H and O–H groups in total. The van der Waals surface area contributed by atoms with Crippen LogP contribution >= 0.6 is 0 Å². The molecule has 0 atom stereocenters. The summed E-state index contributed by atoms with van der Waals surface area (Å²) in [6.07, 6.45) is 1.43. The molecular weight excluding hydrogens is 276 g/mol. The van der Waals surface area contributed by atoms with Crippen molar-refractivity contribution in [1.82, 2.24) is 19.5 Å². The van der Waals surface area contributed by atoms with Gasteiger partial charge in [0.1, 0.15) is 6.33 Å². The number of aromatic nitrogens is 3. The first-order chi connectivity index (χ1) is 8.88. The van der Waals surface area contributed by atoms with Crippen molar-refractivity contribution in [1.29, 1.82) is 0 Å². The van der Waals surface area contributed by atoms with Crippen molar-refractivity contribution in [2.45, 2.75) is 11.6 Å². The van der Waals surface area contributed by atoms with Crippen molar-refractivity contribution >= 4 is 16.0 Å². The highest BCUT2D eigenvalue weighted by molar-refractivity contribution is 7.89. The van der Waals surface area contributed by atoms with E-state index in [0.717, 1.165) is 12.1 Å². The molecule has 0 bridgehead atoms. The predicted molar refractivity (Wildman–Crippen MR) is 60.7 cm³/mol. The molecule has 0 aromatic carbocycles. The standard InChI is InChI=1S/C9H10N4O5S/c1-13-5-10-7(12-13)4-11-19(16,17)8-3-2-6(18-8)9(14)15/h2-3,5,11H,4H2,1H3,(H,14,15). The van der Waals surface area contributed by atoms with E-state index in [4.69, 9.17) is 9.52 Å². The van der Waals surface area contributed by atoms with Crippen LogP contribution in [0.5, 0.6) is 0 Å². The maximum absolute atomic E-state index is 11.8. The quantitative estimate of drug-likeness (QED) is 0.764. The van der Waals surface area contributed by atoms with Crippen molar-refractivity contribution in [3.8, 4) is 0 Å². The lowest BCUT2D eigenvalue weighted by atomic mass is 10.5. The van der Waals surface area contributed by atoms with Crippen molar-refractivity contribution in [3.05, 3.63) is 30.0 Å². The number of sulfonamides is 1. The predicted octanol–water partition coefficient (Wildman–Crippen LogP) is -0.415. The van der Waals surface area contributed by atoms with E-state index in [1.54, 1.807) is 7.05 Å². The van der Waals surface area contributed by atoms with Gasteiger partial charge in [0.25, 0.3) is 10.0 Å². The number of nitrogens with one attached hydrogen (secondary N) is 1. The van der Waals surface area contributed by atoms with E-state index in [2.05, 4.69) is 14.8 Å². The van der Waals surface area contributed by atoms with Gasteiger partial charge >= 0.3 is 5.97 Å². The molecule has 2 heterocycles. The zero-order chi connectivity index (χ0) is 14.0. The number of hydrogen-bond donors (Lipinski definition) is 2. The van der Waals surface area contributed by atoms with Crippen molar-refractivity contribution in [2.75, 3.05) is 0 Å². The fourth-order valence-corrected chi connectivity index (χ4v) is 2.18. The summed E-state index contributed by atoms with van der Waals surface area (Å²) in [5.41, 5.74) is 0. The van der Waals surface area contributed by atoms with Crippen LogP contribution in [0.1, 0.15) is 16.4 Å². The number of hydrogen-bond acceptors (Lipinski definition) is 6. The van der Waals surface area contributed by atoms with Crippen LogP contribution in [-0.4, -0.2) is 34.3 Å². The molecule has 0 aliphatic rings. The Morgan fingerprint density at radius 3 is 2.79 bits per heavy atom. The first kappa shape index (κ1) is 13.2. The van der Waals surface area contributed by atoms with Crippen LogP contribution in [0.15, 0.2) is 28.0 Å². The van der Waals surface area contributed by atoms with Gasteiger partial charge < -0.3 is 9.52 Å². The van der Waals surface area contributed by atoms with Crippen LogP contribution in [-0.2, 0) is 23.6 Å². The molecule has 0 saturated carbocycles. The maximum Gasteiger partial charge on any atom is 0.371 e. The highest BCUT2D eigenvalue weighted by Crippen LogP contribution is 2.13. The molecule has 0 spiro atoms. The number of furan rings is 1. The summed E-state index contributed by atoms with van der Waals surface area (Å²) in [6, 6.07) is 2.13. The molecule has 0 fully saturated rings.